The minimum absolute atomic E-state index is 0.114. The van der Waals surface area contributed by atoms with Crippen molar-refractivity contribution in [2.75, 3.05) is 25.2 Å². The fraction of sp³-hybridized carbons (Fsp3) is 0.417. The highest BCUT2D eigenvalue weighted by Gasteiger charge is 2.31. The van der Waals surface area contributed by atoms with Gasteiger partial charge in [-0.1, -0.05) is 32.9 Å². The largest absolute Gasteiger partial charge is 0.548 e. The molecule has 1 fully saturated rings. The first-order valence-electron chi connectivity index (χ1n) is 11.9. The summed E-state index contributed by atoms with van der Waals surface area (Å²) < 4.78 is 57.6. The van der Waals surface area contributed by atoms with E-state index in [1.54, 1.807) is 0 Å². The Bertz CT molecular complexity index is 1490. The predicted molar refractivity (Wildman–Crippen MR) is 137 cm³/mol. The van der Waals surface area contributed by atoms with Gasteiger partial charge >= 0.3 is 0 Å². The van der Waals surface area contributed by atoms with E-state index in [1.807, 2.05) is 39.0 Å². The van der Waals surface area contributed by atoms with E-state index >= 15 is 0 Å². The molecule has 2 aliphatic heterocycles. The second kappa shape index (κ2) is 9.63. The number of phenols is 1. The number of hydrogen-bond donors (Lipinski definition) is 3. The lowest BCUT2D eigenvalue weighted by atomic mass is 9.82. The molecule has 37 heavy (non-hydrogen) atoms. The minimum Gasteiger partial charge on any atom is -0.548 e. The van der Waals surface area contributed by atoms with Crippen LogP contribution in [0.1, 0.15) is 45.2 Å². The number of aromatic hydroxyl groups is 1. The number of nitrogens with zero attached hydrogens (tertiary/aromatic N) is 3. The van der Waals surface area contributed by atoms with Crippen LogP contribution in [0.2, 0.25) is 0 Å². The Labute approximate surface area is 218 Å². The topological polar surface area (TPSA) is 152 Å². The Morgan fingerprint density at radius 2 is 1.92 bits per heavy atom. The van der Waals surface area contributed by atoms with Crippen molar-refractivity contribution in [3.8, 4) is 17.2 Å². The number of nitrogens with one attached hydrogen (secondary N) is 2. The van der Waals surface area contributed by atoms with E-state index in [9.17, 15) is 18.1 Å². The number of para-hydroxylation sites is 1. The maximum Gasteiger partial charge on any atom is 0.246 e. The normalized spacial score (nSPS) is 17.8. The zero-order chi connectivity index (χ0) is 26.4. The molecule has 2 aromatic carbocycles. The van der Waals surface area contributed by atoms with Crippen molar-refractivity contribution in [3.05, 3.63) is 47.4 Å². The molecule has 0 saturated carbocycles. The Balaban J connectivity index is 1.52. The number of fused-ring (bicyclic) bond motifs is 1. The number of aromatic nitrogens is 2. The molecule has 0 aliphatic carbocycles. The molecule has 2 atom stereocenters. The maximum absolute atomic E-state index is 13.1. The molecule has 0 amide bonds. The lowest BCUT2D eigenvalue weighted by molar-refractivity contribution is 0.174. The summed E-state index contributed by atoms with van der Waals surface area (Å²) >= 11 is -1.80. The number of benzene rings is 2. The van der Waals surface area contributed by atoms with Crippen LogP contribution < -0.4 is 20.3 Å². The number of hydrogen-bond acceptors (Lipinski definition) is 9. The molecule has 0 radical (unpaired) electrons. The average molecular weight is 548 g/mol. The highest BCUT2D eigenvalue weighted by atomic mass is 32.2. The molecule has 5 rings (SSSR count). The van der Waals surface area contributed by atoms with E-state index in [2.05, 4.69) is 14.1 Å². The predicted octanol–water partition coefficient (Wildman–Crippen LogP) is 3.79. The van der Waals surface area contributed by atoms with Crippen molar-refractivity contribution in [1.82, 2.24) is 13.1 Å². The Morgan fingerprint density at radius 3 is 2.65 bits per heavy atom. The summed E-state index contributed by atoms with van der Waals surface area (Å²) in [5, 5.41) is 13.8. The summed E-state index contributed by atoms with van der Waals surface area (Å²) in [6.45, 7) is 7.08. The number of sulfonamides is 1. The van der Waals surface area contributed by atoms with E-state index < -0.39 is 26.9 Å². The van der Waals surface area contributed by atoms with E-state index in [1.165, 1.54) is 22.5 Å². The summed E-state index contributed by atoms with van der Waals surface area (Å²) in [7, 11) is -3.85. The van der Waals surface area contributed by atoms with Crippen LogP contribution in [0.4, 0.5) is 11.5 Å². The third-order valence-corrected chi connectivity index (χ3v) is 8.95. The summed E-state index contributed by atoms with van der Waals surface area (Å²) in [6.07, 6.45) is 1.56. The van der Waals surface area contributed by atoms with Gasteiger partial charge in [-0.2, -0.15) is 4.31 Å². The molecule has 2 aliphatic rings. The fourth-order valence-corrected chi connectivity index (χ4v) is 6.74. The quantitative estimate of drug-likeness (QED) is 0.311. The van der Waals surface area contributed by atoms with Gasteiger partial charge in [-0.15, -0.1) is 4.37 Å². The van der Waals surface area contributed by atoms with Crippen LogP contribution in [0.15, 0.2) is 46.3 Å². The highest BCUT2D eigenvalue weighted by Crippen LogP contribution is 2.41. The summed E-state index contributed by atoms with van der Waals surface area (Å²) in [5.41, 5.74) is 0.860. The van der Waals surface area contributed by atoms with Crippen molar-refractivity contribution in [2.45, 2.75) is 44.6 Å². The third kappa shape index (κ3) is 5.04. The molecule has 1 saturated heterocycles. The van der Waals surface area contributed by atoms with Crippen LogP contribution in [-0.2, 0) is 10.0 Å². The zero-order valence-electron chi connectivity index (χ0n) is 20.7. The molecule has 198 valence electrons. The van der Waals surface area contributed by atoms with Gasteiger partial charge in [-0.25, -0.2) is 8.42 Å². The molecule has 0 spiro atoms. The minimum atomic E-state index is -3.85. The molecule has 3 N–H and O–H groups in total. The Hall–Kier alpha value is -3.13. The van der Waals surface area contributed by atoms with Crippen LogP contribution in [0.5, 0.6) is 17.2 Å². The van der Waals surface area contributed by atoms with E-state index in [-0.39, 0.29) is 40.1 Å². The Kier molecular flexibility index (Phi) is 6.64. The SMILES string of the molecule is CC(C)(C)[C@@H](N=c1[nH][s+]([O-])nc1Nc1cccc(S(=O)(=O)N2CCCC2)c1O)c1ccc2c(c1)OCO2. The lowest BCUT2D eigenvalue weighted by Crippen LogP contribution is -2.28. The van der Waals surface area contributed by atoms with E-state index in [0.29, 0.717) is 24.6 Å². The number of phenolic OH excluding ortho intramolecular Hbond substituents is 1. The summed E-state index contributed by atoms with van der Waals surface area (Å²) in [4.78, 5) is 4.65. The van der Waals surface area contributed by atoms with Gasteiger partial charge in [0.15, 0.2) is 28.4 Å². The molecule has 13 heteroatoms. The van der Waals surface area contributed by atoms with E-state index in [4.69, 9.17) is 14.5 Å². The van der Waals surface area contributed by atoms with Crippen LogP contribution in [0, 0.1) is 5.41 Å². The number of rotatable bonds is 6. The van der Waals surface area contributed by atoms with Gasteiger partial charge in [0.25, 0.3) is 0 Å². The van der Waals surface area contributed by atoms with Crippen molar-refractivity contribution in [3.63, 3.8) is 0 Å². The molecule has 11 nitrogen and oxygen atoms in total. The van der Waals surface area contributed by atoms with Gasteiger partial charge in [-0.3, -0.25) is 4.99 Å². The Morgan fingerprint density at radius 1 is 1.19 bits per heavy atom. The van der Waals surface area contributed by atoms with Crippen LogP contribution in [0.3, 0.4) is 0 Å². The van der Waals surface area contributed by atoms with Crippen molar-refractivity contribution in [1.29, 1.82) is 0 Å². The lowest BCUT2D eigenvalue weighted by Gasteiger charge is -2.27. The van der Waals surface area contributed by atoms with Crippen LogP contribution in [0.25, 0.3) is 0 Å². The van der Waals surface area contributed by atoms with Crippen LogP contribution in [-0.4, -0.2) is 51.0 Å². The second-order valence-electron chi connectivity index (χ2n) is 10.0. The van der Waals surface area contributed by atoms with Gasteiger partial charge < -0.3 is 24.4 Å². The molecular weight excluding hydrogens is 518 g/mol. The first kappa shape index (κ1) is 25.5. The first-order chi connectivity index (χ1) is 17.5. The number of H-pyrrole nitrogens is 1. The average Bonchev–Trinajstić information content (AvgIpc) is 3.59. The number of aromatic amines is 1. The van der Waals surface area contributed by atoms with Crippen molar-refractivity contribution >= 4 is 32.7 Å². The van der Waals surface area contributed by atoms with E-state index in [0.717, 1.165) is 18.4 Å². The molecule has 3 heterocycles. The van der Waals surface area contributed by atoms with Gasteiger partial charge in [-0.05, 0) is 48.1 Å². The monoisotopic (exact) mass is 547 g/mol. The van der Waals surface area contributed by atoms with Gasteiger partial charge in [0, 0.05) is 17.5 Å². The smallest absolute Gasteiger partial charge is 0.246 e. The summed E-state index contributed by atoms with van der Waals surface area (Å²) in [6, 6.07) is 9.64. The second-order valence-corrected chi connectivity index (χ2v) is 12.8. The fourth-order valence-electron chi connectivity index (χ4n) is 4.46. The maximum atomic E-state index is 13.1. The molecule has 0 bridgehead atoms. The first-order valence-corrected chi connectivity index (χ1v) is 14.4. The highest BCUT2D eigenvalue weighted by molar-refractivity contribution is 7.89. The molecule has 3 aromatic rings. The number of ether oxygens (including phenoxy) is 2. The molecule has 1 unspecified atom stereocenters. The third-order valence-electron chi connectivity index (χ3n) is 6.31. The van der Waals surface area contributed by atoms with Gasteiger partial charge in [0.05, 0.1) is 11.7 Å². The molecular formula is C24H29N5O6S2. The zero-order valence-corrected chi connectivity index (χ0v) is 22.4. The van der Waals surface area contributed by atoms with Gasteiger partial charge in [0.1, 0.15) is 4.90 Å². The van der Waals surface area contributed by atoms with Crippen molar-refractivity contribution in [2.24, 2.45) is 10.4 Å². The van der Waals surface area contributed by atoms with Gasteiger partial charge in [0.2, 0.25) is 28.1 Å². The summed E-state index contributed by atoms with van der Waals surface area (Å²) in [5.74, 6) is 0.979. The van der Waals surface area contributed by atoms with Crippen molar-refractivity contribution < 1.29 is 27.6 Å². The molecule has 1 aromatic heterocycles. The standard InChI is InChI=1S/C24H29N5O6S2/c1-24(2,3)21(15-9-10-17-18(13-15)35-14-34-17)26-23-22(27-36(31)28-23)25-16-7-6-8-19(20(16)30)37(32,33)29-11-4-5-12-29/h6-10,13,21,30H,4-5,11-12,14H2,1-3H3,(H,25,27)(H,26,28)/t21-,36?/m0/s1. The van der Waals surface area contributed by atoms with Crippen LogP contribution >= 0.6 is 11.1 Å². The number of anilines is 2.